The van der Waals surface area contributed by atoms with Crippen molar-refractivity contribution >= 4 is 11.6 Å². The maximum Gasteiger partial charge on any atom is 0.257 e. The topological polar surface area (TPSA) is 50.8 Å². The molecule has 0 saturated carbocycles. The first-order valence-electron chi connectivity index (χ1n) is 9.06. The first kappa shape index (κ1) is 18.3. The van der Waals surface area contributed by atoms with Gasteiger partial charge in [-0.15, -0.1) is 0 Å². The second kappa shape index (κ2) is 8.23. The molecule has 5 nitrogen and oxygen atoms in total. The number of para-hydroxylation sites is 1. The Morgan fingerprint density at radius 3 is 2.77 bits per heavy atom. The molecule has 1 amide bonds. The normalized spacial score (nSPS) is 17.4. The van der Waals surface area contributed by atoms with Crippen LogP contribution >= 0.6 is 0 Å². The average molecular weight is 354 g/mol. The van der Waals surface area contributed by atoms with Crippen LogP contribution in [0.1, 0.15) is 42.4 Å². The van der Waals surface area contributed by atoms with Gasteiger partial charge in [-0.05, 0) is 43.2 Å². The van der Waals surface area contributed by atoms with Crippen LogP contribution in [-0.4, -0.2) is 37.2 Å². The van der Waals surface area contributed by atoms with Gasteiger partial charge in [0.05, 0.1) is 18.3 Å². The molecule has 0 spiro atoms. The highest BCUT2D eigenvalue weighted by Crippen LogP contribution is 2.34. The molecule has 0 aromatic heterocycles. The Balaban J connectivity index is 1.93. The highest BCUT2D eigenvalue weighted by Gasteiger charge is 2.32. The van der Waals surface area contributed by atoms with E-state index in [-0.39, 0.29) is 18.2 Å². The van der Waals surface area contributed by atoms with Crippen LogP contribution in [0.3, 0.4) is 0 Å². The molecule has 1 aliphatic heterocycles. The average Bonchev–Trinajstić information content (AvgIpc) is 2.67. The van der Waals surface area contributed by atoms with Gasteiger partial charge in [-0.1, -0.05) is 31.2 Å². The summed E-state index contributed by atoms with van der Waals surface area (Å²) in [6.07, 6.45) is 0.835. The zero-order chi connectivity index (χ0) is 18.5. The Hall–Kier alpha value is -2.53. The number of carbonyl (C=O) groups excluding carboxylic acids is 1. The third-order valence-corrected chi connectivity index (χ3v) is 4.64. The van der Waals surface area contributed by atoms with E-state index >= 15 is 0 Å². The van der Waals surface area contributed by atoms with Crippen LogP contribution in [0.15, 0.2) is 48.5 Å². The van der Waals surface area contributed by atoms with Crippen molar-refractivity contribution in [3.8, 4) is 5.75 Å². The molecule has 2 unspecified atom stereocenters. The third-order valence-electron chi connectivity index (χ3n) is 4.64. The Morgan fingerprint density at radius 2 is 2.00 bits per heavy atom. The van der Waals surface area contributed by atoms with Gasteiger partial charge < -0.3 is 19.7 Å². The van der Waals surface area contributed by atoms with Crippen LogP contribution in [0.5, 0.6) is 5.75 Å². The van der Waals surface area contributed by atoms with Gasteiger partial charge in [-0.3, -0.25) is 4.79 Å². The van der Waals surface area contributed by atoms with E-state index in [4.69, 9.17) is 9.47 Å². The number of anilines is 1. The molecular formula is C21H26N2O3. The molecule has 0 aliphatic carbocycles. The van der Waals surface area contributed by atoms with Crippen LogP contribution < -0.4 is 10.1 Å². The van der Waals surface area contributed by atoms with E-state index in [0.717, 1.165) is 23.4 Å². The highest BCUT2D eigenvalue weighted by molar-refractivity contribution is 6.01. The van der Waals surface area contributed by atoms with Crippen LogP contribution in [-0.2, 0) is 4.74 Å². The fourth-order valence-corrected chi connectivity index (χ4v) is 3.05. The van der Waals surface area contributed by atoms with Crippen LogP contribution in [0.2, 0.25) is 0 Å². The number of nitrogens with zero attached hydrogens (tertiary/aromatic N) is 1. The van der Waals surface area contributed by atoms with Crippen molar-refractivity contribution in [1.82, 2.24) is 4.90 Å². The number of ether oxygens (including phenoxy) is 2. The standard InChI is InChI=1S/C21H26N2O3/c1-4-15(2)26-17-9-7-8-16(14-17)20-22-19-11-6-5-10-18(19)21(24)23(20)12-13-25-3/h5-11,14-15,20,22H,4,12-13H2,1-3H3. The maximum atomic E-state index is 13.0. The van der Waals surface area contributed by atoms with Gasteiger partial charge in [0.2, 0.25) is 0 Å². The molecule has 0 saturated heterocycles. The Morgan fingerprint density at radius 1 is 1.19 bits per heavy atom. The predicted octanol–water partition coefficient (Wildman–Crippen LogP) is 4.08. The van der Waals surface area contributed by atoms with E-state index in [2.05, 4.69) is 19.2 Å². The van der Waals surface area contributed by atoms with E-state index in [1.165, 1.54) is 0 Å². The third kappa shape index (κ3) is 3.83. The summed E-state index contributed by atoms with van der Waals surface area (Å²) in [4.78, 5) is 14.8. The number of carbonyl (C=O) groups is 1. The first-order valence-corrected chi connectivity index (χ1v) is 9.06. The number of rotatable bonds is 7. The Labute approximate surface area is 154 Å². The number of benzene rings is 2. The molecule has 0 fully saturated rings. The molecule has 2 atom stereocenters. The molecule has 1 aliphatic rings. The summed E-state index contributed by atoms with van der Waals surface area (Å²) in [5, 5.41) is 3.49. The molecule has 2 aromatic carbocycles. The summed E-state index contributed by atoms with van der Waals surface area (Å²) in [7, 11) is 1.64. The number of amides is 1. The summed E-state index contributed by atoms with van der Waals surface area (Å²) in [6.45, 7) is 5.14. The molecule has 3 rings (SSSR count). The lowest BCUT2D eigenvalue weighted by molar-refractivity contribution is 0.0609. The molecule has 5 heteroatoms. The van der Waals surface area contributed by atoms with Crippen molar-refractivity contribution in [2.75, 3.05) is 25.6 Å². The minimum atomic E-state index is -0.256. The Kier molecular flexibility index (Phi) is 5.78. The van der Waals surface area contributed by atoms with Gasteiger partial charge in [0.15, 0.2) is 0 Å². The van der Waals surface area contributed by atoms with Crippen LogP contribution in [0, 0.1) is 0 Å². The largest absolute Gasteiger partial charge is 0.491 e. The molecule has 0 bridgehead atoms. The van der Waals surface area contributed by atoms with E-state index in [1.807, 2.05) is 53.4 Å². The fraction of sp³-hybridized carbons (Fsp3) is 0.381. The SMILES string of the molecule is CCC(C)Oc1cccc(C2Nc3ccccc3C(=O)N2CCOC)c1. The van der Waals surface area contributed by atoms with E-state index in [1.54, 1.807) is 7.11 Å². The van der Waals surface area contributed by atoms with Gasteiger partial charge in [-0.2, -0.15) is 0 Å². The number of methoxy groups -OCH3 is 1. The lowest BCUT2D eigenvalue weighted by Crippen LogP contribution is -2.44. The Bertz CT molecular complexity index is 762. The summed E-state index contributed by atoms with van der Waals surface area (Å²) in [6, 6.07) is 15.5. The lowest BCUT2D eigenvalue weighted by atomic mass is 10.0. The van der Waals surface area contributed by atoms with Gasteiger partial charge in [0, 0.05) is 19.3 Å². The zero-order valence-electron chi connectivity index (χ0n) is 15.6. The molecule has 26 heavy (non-hydrogen) atoms. The van der Waals surface area contributed by atoms with Gasteiger partial charge >= 0.3 is 0 Å². The highest BCUT2D eigenvalue weighted by atomic mass is 16.5. The molecule has 0 radical (unpaired) electrons. The van der Waals surface area contributed by atoms with Gasteiger partial charge in [-0.25, -0.2) is 0 Å². The van der Waals surface area contributed by atoms with Gasteiger partial charge in [0.1, 0.15) is 11.9 Å². The second-order valence-electron chi connectivity index (χ2n) is 6.49. The number of fused-ring (bicyclic) bond motifs is 1. The van der Waals surface area contributed by atoms with Crippen molar-refractivity contribution in [3.63, 3.8) is 0 Å². The summed E-state index contributed by atoms with van der Waals surface area (Å²) in [5.74, 6) is 0.825. The summed E-state index contributed by atoms with van der Waals surface area (Å²) < 4.78 is 11.2. The van der Waals surface area contributed by atoms with Crippen molar-refractivity contribution in [2.24, 2.45) is 0 Å². The lowest BCUT2D eigenvalue weighted by Gasteiger charge is -2.38. The minimum absolute atomic E-state index is 0.00893. The number of nitrogens with one attached hydrogen (secondary N) is 1. The molecule has 138 valence electrons. The monoisotopic (exact) mass is 354 g/mol. The van der Waals surface area contributed by atoms with Crippen molar-refractivity contribution in [3.05, 3.63) is 59.7 Å². The quantitative estimate of drug-likeness (QED) is 0.814. The number of hydrogen-bond donors (Lipinski definition) is 1. The smallest absolute Gasteiger partial charge is 0.257 e. The van der Waals surface area contributed by atoms with E-state index < -0.39 is 0 Å². The fourth-order valence-electron chi connectivity index (χ4n) is 3.05. The second-order valence-corrected chi connectivity index (χ2v) is 6.49. The molecular weight excluding hydrogens is 328 g/mol. The summed E-state index contributed by atoms with van der Waals surface area (Å²) >= 11 is 0. The molecule has 2 aromatic rings. The van der Waals surface area contributed by atoms with Crippen molar-refractivity contribution in [2.45, 2.75) is 32.5 Å². The first-order chi connectivity index (χ1) is 12.6. The maximum absolute atomic E-state index is 13.0. The summed E-state index contributed by atoms with van der Waals surface area (Å²) in [5.41, 5.74) is 2.53. The van der Waals surface area contributed by atoms with Gasteiger partial charge in [0.25, 0.3) is 5.91 Å². The molecule has 1 heterocycles. The zero-order valence-corrected chi connectivity index (χ0v) is 15.6. The van der Waals surface area contributed by atoms with E-state index in [0.29, 0.717) is 18.7 Å². The van der Waals surface area contributed by atoms with Crippen molar-refractivity contribution in [1.29, 1.82) is 0 Å². The van der Waals surface area contributed by atoms with Crippen LogP contribution in [0.4, 0.5) is 5.69 Å². The molecule has 1 N–H and O–H groups in total. The van der Waals surface area contributed by atoms with Crippen LogP contribution in [0.25, 0.3) is 0 Å². The predicted molar refractivity (Wildman–Crippen MR) is 103 cm³/mol. The van der Waals surface area contributed by atoms with Crippen molar-refractivity contribution < 1.29 is 14.3 Å². The number of hydrogen-bond acceptors (Lipinski definition) is 4. The van der Waals surface area contributed by atoms with E-state index in [9.17, 15) is 4.79 Å². The minimum Gasteiger partial charge on any atom is -0.491 e.